The number of sulfonamides is 1. The molecular weight excluding hydrogens is 438 g/mol. The molecular formula is C20H21Cl2FN2O3S. The van der Waals surface area contributed by atoms with Gasteiger partial charge in [0, 0.05) is 35.6 Å². The van der Waals surface area contributed by atoms with E-state index in [2.05, 4.69) is 5.32 Å². The van der Waals surface area contributed by atoms with Gasteiger partial charge in [0.05, 0.1) is 5.75 Å². The van der Waals surface area contributed by atoms with E-state index >= 15 is 0 Å². The summed E-state index contributed by atoms with van der Waals surface area (Å²) >= 11 is 12.0. The molecule has 2 aromatic rings. The molecule has 1 amide bonds. The van der Waals surface area contributed by atoms with Crippen molar-refractivity contribution >= 4 is 39.1 Å². The minimum atomic E-state index is -3.51. The molecule has 3 rings (SSSR count). The molecule has 1 fully saturated rings. The Morgan fingerprint density at radius 2 is 1.76 bits per heavy atom. The highest BCUT2D eigenvalue weighted by molar-refractivity contribution is 7.88. The number of hydrogen-bond acceptors (Lipinski definition) is 3. The number of nitrogens with zero attached hydrogens (tertiary/aromatic N) is 1. The van der Waals surface area contributed by atoms with Gasteiger partial charge in [0.15, 0.2) is 0 Å². The first-order chi connectivity index (χ1) is 13.7. The van der Waals surface area contributed by atoms with Crippen molar-refractivity contribution in [1.82, 2.24) is 9.62 Å². The second kappa shape index (κ2) is 9.43. The average Bonchev–Trinajstić information content (AvgIpc) is 2.69. The molecule has 0 spiro atoms. The maximum Gasteiger partial charge on any atom is 0.223 e. The third kappa shape index (κ3) is 5.92. The fraction of sp³-hybridized carbons (Fsp3) is 0.350. The van der Waals surface area contributed by atoms with Crippen molar-refractivity contribution in [2.45, 2.75) is 25.1 Å². The lowest BCUT2D eigenvalue weighted by Crippen LogP contribution is -2.43. The van der Waals surface area contributed by atoms with Crippen molar-refractivity contribution in [3.63, 3.8) is 0 Å². The summed E-state index contributed by atoms with van der Waals surface area (Å²) in [4.78, 5) is 12.4. The van der Waals surface area contributed by atoms with Crippen LogP contribution in [0.25, 0.3) is 0 Å². The second-order valence-corrected chi connectivity index (χ2v) is 9.82. The average molecular weight is 459 g/mol. The van der Waals surface area contributed by atoms with E-state index in [4.69, 9.17) is 23.2 Å². The highest BCUT2D eigenvalue weighted by atomic mass is 35.5. The summed E-state index contributed by atoms with van der Waals surface area (Å²) in [5, 5.41) is 3.87. The second-order valence-electron chi connectivity index (χ2n) is 7.01. The maximum absolute atomic E-state index is 13.0. The summed E-state index contributed by atoms with van der Waals surface area (Å²) < 4.78 is 39.6. The summed E-state index contributed by atoms with van der Waals surface area (Å²) in [6.45, 7) is 0.852. The fourth-order valence-corrected chi connectivity index (χ4v) is 5.31. The Kier molecular flexibility index (Phi) is 7.16. The minimum Gasteiger partial charge on any atom is -0.352 e. The van der Waals surface area contributed by atoms with Gasteiger partial charge in [-0.2, -0.15) is 0 Å². The van der Waals surface area contributed by atoms with E-state index < -0.39 is 15.8 Å². The lowest BCUT2D eigenvalue weighted by Gasteiger charge is -2.30. The van der Waals surface area contributed by atoms with Gasteiger partial charge in [-0.25, -0.2) is 17.1 Å². The van der Waals surface area contributed by atoms with Crippen LogP contribution in [-0.2, 0) is 27.1 Å². The van der Waals surface area contributed by atoms with Crippen LogP contribution < -0.4 is 5.32 Å². The molecule has 1 N–H and O–H groups in total. The molecule has 0 bridgehead atoms. The van der Waals surface area contributed by atoms with Gasteiger partial charge in [0.2, 0.25) is 15.9 Å². The third-order valence-electron chi connectivity index (χ3n) is 4.95. The van der Waals surface area contributed by atoms with Crippen LogP contribution in [0.3, 0.4) is 0 Å². The molecule has 0 atom stereocenters. The zero-order chi connectivity index (χ0) is 21.0. The Bertz CT molecular complexity index is 976. The first-order valence-corrected chi connectivity index (χ1v) is 11.5. The number of carbonyl (C=O) groups is 1. The number of nitrogens with one attached hydrogen (secondary N) is 1. The van der Waals surface area contributed by atoms with Crippen molar-refractivity contribution in [2.24, 2.45) is 5.92 Å². The van der Waals surface area contributed by atoms with Gasteiger partial charge in [-0.3, -0.25) is 4.79 Å². The predicted molar refractivity (Wildman–Crippen MR) is 112 cm³/mol. The summed E-state index contributed by atoms with van der Waals surface area (Å²) in [5.74, 6) is -0.957. The monoisotopic (exact) mass is 458 g/mol. The SMILES string of the molecule is O=C(NCc1ccc(Cl)cc1Cl)C1CCN(S(=O)(=O)Cc2ccc(F)cc2)CC1. The number of benzene rings is 2. The molecule has 0 aliphatic carbocycles. The summed E-state index contributed by atoms with van der Waals surface area (Å²) in [6.07, 6.45) is 0.895. The molecule has 29 heavy (non-hydrogen) atoms. The van der Waals surface area contributed by atoms with Crippen molar-refractivity contribution in [1.29, 1.82) is 0 Å². The molecule has 0 saturated carbocycles. The van der Waals surface area contributed by atoms with Crippen molar-refractivity contribution in [3.8, 4) is 0 Å². The van der Waals surface area contributed by atoms with Crippen LogP contribution >= 0.6 is 23.2 Å². The molecule has 1 saturated heterocycles. The van der Waals surface area contributed by atoms with Crippen molar-refractivity contribution < 1.29 is 17.6 Å². The third-order valence-corrected chi connectivity index (χ3v) is 7.39. The van der Waals surface area contributed by atoms with Gasteiger partial charge in [0.1, 0.15) is 5.82 Å². The molecule has 2 aromatic carbocycles. The van der Waals surface area contributed by atoms with Crippen LogP contribution in [0.2, 0.25) is 10.0 Å². The normalized spacial score (nSPS) is 16.0. The van der Waals surface area contributed by atoms with Gasteiger partial charge in [-0.05, 0) is 48.2 Å². The summed E-state index contributed by atoms with van der Waals surface area (Å²) in [5.41, 5.74) is 1.30. The minimum absolute atomic E-state index is 0.119. The topological polar surface area (TPSA) is 66.5 Å². The van der Waals surface area contributed by atoms with E-state index in [1.807, 2.05) is 0 Å². The Balaban J connectivity index is 1.51. The van der Waals surface area contributed by atoms with E-state index in [1.54, 1.807) is 18.2 Å². The van der Waals surface area contributed by atoms with E-state index in [9.17, 15) is 17.6 Å². The summed E-state index contributed by atoms with van der Waals surface area (Å²) in [7, 11) is -3.51. The zero-order valence-electron chi connectivity index (χ0n) is 15.6. The van der Waals surface area contributed by atoms with Crippen LogP contribution in [0.5, 0.6) is 0 Å². The van der Waals surface area contributed by atoms with Gasteiger partial charge < -0.3 is 5.32 Å². The van der Waals surface area contributed by atoms with E-state index in [-0.39, 0.29) is 37.2 Å². The van der Waals surface area contributed by atoms with Crippen LogP contribution in [0.1, 0.15) is 24.0 Å². The Labute approximate surface area is 179 Å². The maximum atomic E-state index is 13.0. The lowest BCUT2D eigenvalue weighted by molar-refractivity contribution is -0.126. The van der Waals surface area contributed by atoms with E-state index in [1.165, 1.54) is 28.6 Å². The molecule has 0 radical (unpaired) electrons. The molecule has 5 nitrogen and oxygen atoms in total. The Morgan fingerprint density at radius 3 is 2.38 bits per heavy atom. The molecule has 0 aromatic heterocycles. The fourth-order valence-electron chi connectivity index (χ4n) is 3.27. The molecule has 0 unspecified atom stereocenters. The standard InChI is InChI=1S/C20H21Cl2FN2O3S/c21-17-4-3-16(19(22)11-17)12-24-20(26)15-7-9-25(10-8-15)29(27,28)13-14-1-5-18(23)6-2-14/h1-6,11,15H,7-10,12-13H2,(H,24,26). The van der Waals surface area contributed by atoms with Crippen molar-refractivity contribution in [3.05, 3.63) is 69.5 Å². The number of rotatable bonds is 6. The molecule has 1 aliphatic rings. The van der Waals surface area contributed by atoms with Crippen LogP contribution in [0.15, 0.2) is 42.5 Å². The lowest BCUT2D eigenvalue weighted by atomic mass is 9.97. The first-order valence-electron chi connectivity index (χ1n) is 9.18. The number of amides is 1. The van der Waals surface area contributed by atoms with E-state index in [0.29, 0.717) is 28.5 Å². The van der Waals surface area contributed by atoms with Gasteiger partial charge in [-0.1, -0.05) is 41.4 Å². The number of hydrogen-bond donors (Lipinski definition) is 1. The quantitative estimate of drug-likeness (QED) is 0.711. The van der Waals surface area contributed by atoms with E-state index in [0.717, 1.165) is 5.56 Å². The van der Waals surface area contributed by atoms with Gasteiger partial charge in [0.25, 0.3) is 0 Å². The largest absolute Gasteiger partial charge is 0.352 e. The predicted octanol–water partition coefficient (Wildman–Crippen LogP) is 3.99. The van der Waals surface area contributed by atoms with Crippen molar-refractivity contribution in [2.75, 3.05) is 13.1 Å². The molecule has 1 heterocycles. The molecule has 9 heteroatoms. The van der Waals surface area contributed by atoms with Crippen LogP contribution in [0, 0.1) is 11.7 Å². The molecule has 156 valence electrons. The summed E-state index contributed by atoms with van der Waals surface area (Å²) in [6, 6.07) is 10.5. The van der Waals surface area contributed by atoms with Crippen LogP contribution in [-0.4, -0.2) is 31.7 Å². The zero-order valence-corrected chi connectivity index (χ0v) is 17.9. The van der Waals surface area contributed by atoms with Gasteiger partial charge >= 0.3 is 0 Å². The Hall–Kier alpha value is -1.67. The highest BCUT2D eigenvalue weighted by Crippen LogP contribution is 2.23. The number of carbonyl (C=O) groups excluding carboxylic acids is 1. The molecule has 1 aliphatic heterocycles. The Morgan fingerprint density at radius 1 is 1.10 bits per heavy atom. The number of halogens is 3. The smallest absolute Gasteiger partial charge is 0.223 e. The number of piperidine rings is 1. The first kappa shape index (κ1) is 22.0. The van der Waals surface area contributed by atoms with Gasteiger partial charge in [-0.15, -0.1) is 0 Å². The van der Waals surface area contributed by atoms with Crippen LogP contribution in [0.4, 0.5) is 4.39 Å². The highest BCUT2D eigenvalue weighted by Gasteiger charge is 2.31.